The molecule has 3 heterocycles. The molecule has 0 bridgehead atoms. The number of allylic oxidation sites excluding steroid dienone is 2. The molecule has 0 unspecified atom stereocenters. The molecule has 2 aromatic carbocycles. The summed E-state index contributed by atoms with van der Waals surface area (Å²) in [5.41, 5.74) is 3.33. The van der Waals surface area contributed by atoms with Crippen LogP contribution in [0.25, 0.3) is 0 Å². The van der Waals surface area contributed by atoms with Crippen molar-refractivity contribution in [3.05, 3.63) is 83.4 Å². The van der Waals surface area contributed by atoms with Gasteiger partial charge in [-0.05, 0) is 55.2 Å². The summed E-state index contributed by atoms with van der Waals surface area (Å²) < 4.78 is 5.77. The Labute approximate surface area is 230 Å². The van der Waals surface area contributed by atoms with Gasteiger partial charge in [-0.15, -0.1) is 0 Å². The summed E-state index contributed by atoms with van der Waals surface area (Å²) in [6, 6.07) is 17.5. The third kappa shape index (κ3) is 6.41. The summed E-state index contributed by atoms with van der Waals surface area (Å²) in [7, 11) is 0. The maximum absolute atomic E-state index is 13.7. The van der Waals surface area contributed by atoms with Crippen LogP contribution in [0, 0.1) is 11.8 Å². The number of carbonyl (C=O) groups excluding carboxylic acids is 3. The minimum absolute atomic E-state index is 0.0501. The van der Waals surface area contributed by atoms with Crippen molar-refractivity contribution in [1.29, 1.82) is 0 Å². The topological polar surface area (TPSA) is 87.2 Å². The number of benzene rings is 2. The molecule has 2 amide bonds. The third-order valence-electron chi connectivity index (χ3n) is 8.40. The van der Waals surface area contributed by atoms with E-state index in [0.29, 0.717) is 38.8 Å². The maximum atomic E-state index is 13.7. The lowest BCUT2D eigenvalue weighted by atomic mass is 9.91. The number of rotatable bonds is 5. The van der Waals surface area contributed by atoms with E-state index in [9.17, 15) is 19.5 Å². The van der Waals surface area contributed by atoms with Crippen LogP contribution in [0.15, 0.2) is 66.7 Å². The molecule has 0 saturated carbocycles. The van der Waals surface area contributed by atoms with Crippen LogP contribution in [0.5, 0.6) is 0 Å². The molecule has 0 aromatic heterocycles. The second-order valence-electron chi connectivity index (χ2n) is 11.0. The lowest BCUT2D eigenvalue weighted by molar-refractivity contribution is -0.152. The number of ether oxygens (including phenoxy) is 1. The van der Waals surface area contributed by atoms with Gasteiger partial charge >= 0.3 is 5.97 Å². The highest BCUT2D eigenvalue weighted by atomic mass is 16.5. The molecule has 0 radical (unpaired) electrons. The van der Waals surface area contributed by atoms with E-state index in [1.54, 1.807) is 4.90 Å². The van der Waals surface area contributed by atoms with Gasteiger partial charge in [-0.1, -0.05) is 66.7 Å². The van der Waals surface area contributed by atoms with Crippen LogP contribution in [-0.4, -0.2) is 64.5 Å². The Morgan fingerprint density at radius 2 is 1.67 bits per heavy atom. The number of aliphatic hydroxyl groups excluding tert-OH is 1. The van der Waals surface area contributed by atoms with Gasteiger partial charge in [0.15, 0.2) is 0 Å². The first-order chi connectivity index (χ1) is 19.0. The van der Waals surface area contributed by atoms with Crippen LogP contribution in [0.3, 0.4) is 0 Å². The fourth-order valence-corrected chi connectivity index (χ4v) is 6.15. The SMILES string of the molecule is O=C1OC[C@@H]2CCCN2C(=O)[C@@H](CC(=O)N2Cc3ccccc3C[C@H]2CO)CC=CC[C@H]1Cc1ccccc1. The van der Waals surface area contributed by atoms with E-state index in [1.165, 1.54) is 0 Å². The Bertz CT molecular complexity index is 1200. The monoisotopic (exact) mass is 530 g/mol. The quantitative estimate of drug-likeness (QED) is 0.471. The lowest BCUT2D eigenvalue weighted by Gasteiger charge is -2.37. The molecule has 0 aliphatic carbocycles. The fraction of sp³-hybridized carbons (Fsp3) is 0.469. The van der Waals surface area contributed by atoms with Crippen LogP contribution in [0.4, 0.5) is 0 Å². The highest BCUT2D eigenvalue weighted by Crippen LogP contribution is 2.28. The largest absolute Gasteiger partial charge is 0.463 e. The molecule has 0 spiro atoms. The smallest absolute Gasteiger partial charge is 0.309 e. The first-order valence-electron chi connectivity index (χ1n) is 14.2. The van der Waals surface area contributed by atoms with E-state index in [4.69, 9.17) is 4.74 Å². The molecule has 39 heavy (non-hydrogen) atoms. The van der Waals surface area contributed by atoms with Gasteiger partial charge in [0.1, 0.15) is 6.61 Å². The molecule has 7 heteroatoms. The molecular weight excluding hydrogens is 492 g/mol. The van der Waals surface area contributed by atoms with Crippen molar-refractivity contribution in [2.45, 2.75) is 63.6 Å². The number of hydrogen-bond acceptors (Lipinski definition) is 5. The van der Waals surface area contributed by atoms with Crippen LogP contribution in [0.1, 0.15) is 48.8 Å². The van der Waals surface area contributed by atoms with Gasteiger partial charge < -0.3 is 19.6 Å². The second kappa shape index (κ2) is 12.6. The molecule has 3 aliphatic rings. The number of fused-ring (bicyclic) bond motifs is 2. The van der Waals surface area contributed by atoms with E-state index in [-0.39, 0.29) is 55.4 Å². The third-order valence-corrected chi connectivity index (χ3v) is 8.40. The zero-order chi connectivity index (χ0) is 27.2. The Kier molecular flexibility index (Phi) is 8.77. The predicted molar refractivity (Wildman–Crippen MR) is 147 cm³/mol. The Morgan fingerprint density at radius 3 is 2.44 bits per heavy atom. The minimum Gasteiger partial charge on any atom is -0.463 e. The summed E-state index contributed by atoms with van der Waals surface area (Å²) in [5.74, 6) is -1.17. The molecule has 2 aromatic rings. The molecule has 206 valence electrons. The first-order valence-corrected chi connectivity index (χ1v) is 14.2. The van der Waals surface area contributed by atoms with Crippen molar-refractivity contribution in [1.82, 2.24) is 9.80 Å². The number of cyclic esters (lactones) is 1. The molecule has 7 nitrogen and oxygen atoms in total. The second-order valence-corrected chi connectivity index (χ2v) is 11.0. The highest BCUT2D eigenvalue weighted by molar-refractivity contribution is 5.86. The van der Waals surface area contributed by atoms with Crippen molar-refractivity contribution in [3.8, 4) is 0 Å². The van der Waals surface area contributed by atoms with Crippen LogP contribution < -0.4 is 0 Å². The predicted octanol–water partition coefficient (Wildman–Crippen LogP) is 3.68. The van der Waals surface area contributed by atoms with E-state index in [1.807, 2.05) is 71.6 Å². The summed E-state index contributed by atoms with van der Waals surface area (Å²) in [4.78, 5) is 43.9. The van der Waals surface area contributed by atoms with Gasteiger partial charge in [0, 0.05) is 19.5 Å². The van der Waals surface area contributed by atoms with E-state index in [0.717, 1.165) is 29.5 Å². The van der Waals surface area contributed by atoms with Crippen LogP contribution >= 0.6 is 0 Å². The standard InChI is InChI=1S/C32H38N2O5/c35-21-29-18-24-11-4-7-14-27(24)20-34(29)30(36)19-25-12-5-6-13-26(17-23-9-2-1-3-10-23)32(38)39-22-28-15-8-16-33(28)31(25)37/h1-7,9-11,14,25-26,28-29,35H,8,12-13,15-22H2/t25-,26+,28+,29+/m1/s1. The van der Waals surface area contributed by atoms with Gasteiger partial charge in [0.25, 0.3) is 0 Å². The molecule has 1 saturated heterocycles. The van der Waals surface area contributed by atoms with Gasteiger partial charge in [0.05, 0.1) is 30.5 Å². The van der Waals surface area contributed by atoms with Crippen molar-refractivity contribution in [2.75, 3.05) is 19.8 Å². The highest BCUT2D eigenvalue weighted by Gasteiger charge is 2.37. The molecular formula is C32H38N2O5. The van der Waals surface area contributed by atoms with E-state index < -0.39 is 5.92 Å². The van der Waals surface area contributed by atoms with Gasteiger partial charge in [0.2, 0.25) is 11.8 Å². The average molecular weight is 531 g/mol. The van der Waals surface area contributed by atoms with Crippen molar-refractivity contribution >= 4 is 17.8 Å². The number of hydrogen-bond donors (Lipinski definition) is 1. The van der Waals surface area contributed by atoms with Crippen molar-refractivity contribution in [2.24, 2.45) is 11.8 Å². The number of esters is 1. The van der Waals surface area contributed by atoms with E-state index in [2.05, 4.69) is 0 Å². The summed E-state index contributed by atoms with van der Waals surface area (Å²) >= 11 is 0. The number of nitrogens with zero attached hydrogens (tertiary/aromatic N) is 2. The first kappa shape index (κ1) is 27.1. The summed E-state index contributed by atoms with van der Waals surface area (Å²) in [6.07, 6.45) is 7.80. The Morgan fingerprint density at radius 1 is 0.949 bits per heavy atom. The fourth-order valence-electron chi connectivity index (χ4n) is 6.15. The average Bonchev–Trinajstić information content (AvgIpc) is 3.44. The number of aliphatic hydroxyl groups is 1. The summed E-state index contributed by atoms with van der Waals surface area (Å²) in [6.45, 7) is 1.14. The molecule has 4 atom stereocenters. The number of carbonyl (C=O) groups is 3. The van der Waals surface area contributed by atoms with Crippen molar-refractivity contribution < 1.29 is 24.2 Å². The number of amides is 2. The molecule has 1 fully saturated rings. The molecule has 3 aliphatic heterocycles. The van der Waals surface area contributed by atoms with Gasteiger partial charge in [-0.3, -0.25) is 14.4 Å². The molecule has 1 N–H and O–H groups in total. The van der Waals surface area contributed by atoms with E-state index >= 15 is 0 Å². The zero-order valence-electron chi connectivity index (χ0n) is 22.4. The Balaban J connectivity index is 1.33. The zero-order valence-corrected chi connectivity index (χ0v) is 22.4. The maximum Gasteiger partial charge on any atom is 0.309 e. The molecule has 5 rings (SSSR count). The Hall–Kier alpha value is -3.45. The normalized spacial score (nSPS) is 25.8. The van der Waals surface area contributed by atoms with Crippen LogP contribution in [0.2, 0.25) is 0 Å². The lowest BCUT2D eigenvalue weighted by Crippen LogP contribution is -2.48. The van der Waals surface area contributed by atoms with Gasteiger partial charge in [-0.2, -0.15) is 0 Å². The van der Waals surface area contributed by atoms with Crippen LogP contribution in [-0.2, 0) is 38.5 Å². The summed E-state index contributed by atoms with van der Waals surface area (Å²) in [5, 5.41) is 10.1. The van der Waals surface area contributed by atoms with Crippen molar-refractivity contribution in [3.63, 3.8) is 0 Å². The minimum atomic E-state index is -0.492. The van der Waals surface area contributed by atoms with Gasteiger partial charge in [-0.25, -0.2) is 0 Å².